The number of aryl methyl sites for hydroxylation is 1. The van der Waals surface area contributed by atoms with Gasteiger partial charge < -0.3 is 15.0 Å². The van der Waals surface area contributed by atoms with E-state index in [2.05, 4.69) is 22.2 Å². The summed E-state index contributed by atoms with van der Waals surface area (Å²) in [6.45, 7) is 5.86. The van der Waals surface area contributed by atoms with Crippen molar-refractivity contribution in [2.24, 2.45) is 0 Å². The molecule has 0 saturated carbocycles. The van der Waals surface area contributed by atoms with E-state index in [9.17, 15) is 9.59 Å². The number of nitrogens with zero attached hydrogens (tertiary/aromatic N) is 2. The minimum absolute atomic E-state index is 0.276. The first-order chi connectivity index (χ1) is 12.1. The van der Waals surface area contributed by atoms with Crippen molar-refractivity contribution in [3.63, 3.8) is 0 Å². The minimum Gasteiger partial charge on any atom is -0.349 e. The third kappa shape index (κ3) is 3.42. The quantitative estimate of drug-likeness (QED) is 0.705. The minimum atomic E-state index is -0.368. The summed E-state index contributed by atoms with van der Waals surface area (Å²) < 4.78 is 1.84. The van der Waals surface area contributed by atoms with Gasteiger partial charge in [-0.2, -0.15) is 0 Å². The van der Waals surface area contributed by atoms with Crippen LogP contribution < -0.4 is 10.6 Å². The van der Waals surface area contributed by atoms with E-state index in [-0.39, 0.29) is 17.5 Å². The van der Waals surface area contributed by atoms with Crippen molar-refractivity contribution < 1.29 is 9.59 Å². The molecule has 2 N–H and O–H groups in total. The number of imidazole rings is 1. The molecule has 0 bridgehead atoms. The molecule has 0 saturated heterocycles. The van der Waals surface area contributed by atoms with E-state index >= 15 is 0 Å². The second-order valence-corrected chi connectivity index (χ2v) is 5.52. The van der Waals surface area contributed by atoms with Crippen molar-refractivity contribution in [3.8, 4) is 0 Å². The van der Waals surface area contributed by atoms with Gasteiger partial charge in [0.1, 0.15) is 11.3 Å². The molecule has 6 heteroatoms. The molecule has 25 heavy (non-hydrogen) atoms. The van der Waals surface area contributed by atoms with Crippen LogP contribution in [0.15, 0.2) is 61.3 Å². The summed E-state index contributed by atoms with van der Waals surface area (Å²) in [4.78, 5) is 29.1. The summed E-state index contributed by atoms with van der Waals surface area (Å²) in [6.07, 6.45) is 3.28. The van der Waals surface area contributed by atoms with Crippen molar-refractivity contribution in [2.75, 3.05) is 11.9 Å². The molecular formula is C19H18N4O2. The molecule has 0 fully saturated rings. The van der Waals surface area contributed by atoms with Crippen LogP contribution in [0.4, 0.5) is 5.69 Å². The zero-order valence-corrected chi connectivity index (χ0v) is 13.8. The molecule has 0 aliphatic carbocycles. The Morgan fingerprint density at radius 3 is 2.72 bits per heavy atom. The number of benzene rings is 1. The molecule has 3 rings (SSSR count). The zero-order chi connectivity index (χ0) is 17.8. The first-order valence-corrected chi connectivity index (χ1v) is 7.84. The maximum absolute atomic E-state index is 12.5. The normalized spacial score (nSPS) is 10.4. The van der Waals surface area contributed by atoms with Gasteiger partial charge in [0, 0.05) is 18.4 Å². The topological polar surface area (TPSA) is 75.5 Å². The number of anilines is 1. The second-order valence-electron chi connectivity index (χ2n) is 5.52. The van der Waals surface area contributed by atoms with Gasteiger partial charge in [-0.1, -0.05) is 24.3 Å². The largest absolute Gasteiger partial charge is 0.349 e. The first-order valence-electron chi connectivity index (χ1n) is 7.84. The highest BCUT2D eigenvalue weighted by atomic mass is 16.2. The molecule has 126 valence electrons. The lowest BCUT2D eigenvalue weighted by Crippen LogP contribution is -2.25. The molecular weight excluding hydrogens is 316 g/mol. The zero-order valence-electron chi connectivity index (χ0n) is 13.8. The van der Waals surface area contributed by atoms with Crippen molar-refractivity contribution in [2.45, 2.75) is 6.92 Å². The smallest absolute Gasteiger partial charge is 0.275 e. The molecule has 6 nitrogen and oxygen atoms in total. The Kier molecular flexibility index (Phi) is 4.61. The Labute approximate surface area is 145 Å². The molecule has 0 unspecified atom stereocenters. The van der Waals surface area contributed by atoms with E-state index < -0.39 is 0 Å². The van der Waals surface area contributed by atoms with E-state index in [1.807, 2.05) is 29.5 Å². The summed E-state index contributed by atoms with van der Waals surface area (Å²) in [5, 5.41) is 5.47. The average molecular weight is 334 g/mol. The Balaban J connectivity index is 1.86. The molecule has 2 heterocycles. The van der Waals surface area contributed by atoms with Crippen molar-refractivity contribution in [1.29, 1.82) is 0 Å². The number of para-hydroxylation sites is 1. The van der Waals surface area contributed by atoms with Crippen LogP contribution in [0.2, 0.25) is 0 Å². The predicted octanol–water partition coefficient (Wildman–Crippen LogP) is 2.81. The van der Waals surface area contributed by atoms with E-state index in [1.165, 1.54) is 0 Å². The molecule has 3 aromatic rings. The number of carbonyl (C=O) groups excluding carboxylic acids is 2. The second kappa shape index (κ2) is 7.00. The van der Waals surface area contributed by atoms with Crippen LogP contribution in [0, 0.1) is 6.92 Å². The molecule has 0 radical (unpaired) electrons. The van der Waals surface area contributed by atoms with Crippen molar-refractivity contribution in [3.05, 3.63) is 78.3 Å². The molecule has 0 aliphatic rings. The van der Waals surface area contributed by atoms with Crippen molar-refractivity contribution in [1.82, 2.24) is 14.7 Å². The van der Waals surface area contributed by atoms with Crippen molar-refractivity contribution >= 4 is 23.1 Å². The van der Waals surface area contributed by atoms with Gasteiger partial charge in [0.05, 0.1) is 11.3 Å². The fraction of sp³-hybridized carbons (Fsp3) is 0.105. The fourth-order valence-corrected chi connectivity index (χ4v) is 2.49. The van der Waals surface area contributed by atoms with E-state index in [0.717, 1.165) is 5.69 Å². The van der Waals surface area contributed by atoms with Crippen LogP contribution >= 0.6 is 0 Å². The number of pyridine rings is 1. The number of carbonyl (C=O) groups is 2. The number of rotatable bonds is 5. The van der Waals surface area contributed by atoms with Gasteiger partial charge in [0.2, 0.25) is 0 Å². The maximum Gasteiger partial charge on any atom is 0.275 e. The van der Waals surface area contributed by atoms with E-state index in [4.69, 9.17) is 0 Å². The summed E-state index contributed by atoms with van der Waals surface area (Å²) in [6, 6.07) is 12.5. The fourth-order valence-electron chi connectivity index (χ4n) is 2.49. The predicted molar refractivity (Wildman–Crippen MR) is 96.9 cm³/mol. The SMILES string of the molecule is C=CCNC(=O)c1ccccc1NC(=O)c1cn2c(C)cccc2n1. The van der Waals surface area contributed by atoms with Gasteiger partial charge in [0.25, 0.3) is 11.8 Å². The van der Waals surface area contributed by atoms with Crippen LogP contribution in [0.5, 0.6) is 0 Å². The maximum atomic E-state index is 12.5. The molecule has 2 aromatic heterocycles. The Morgan fingerprint density at radius 1 is 1.16 bits per heavy atom. The Hall–Kier alpha value is -3.41. The Bertz CT molecular complexity index is 959. The first kappa shape index (κ1) is 16.4. The monoisotopic (exact) mass is 334 g/mol. The molecule has 0 spiro atoms. The van der Waals surface area contributed by atoms with E-state index in [1.54, 1.807) is 36.5 Å². The molecule has 2 amide bonds. The highest BCUT2D eigenvalue weighted by Gasteiger charge is 2.16. The summed E-state index contributed by atoms with van der Waals surface area (Å²) in [5.41, 5.74) is 2.78. The number of fused-ring (bicyclic) bond motifs is 1. The van der Waals surface area contributed by atoms with Gasteiger partial charge >= 0.3 is 0 Å². The third-order valence-electron chi connectivity index (χ3n) is 3.76. The lowest BCUT2D eigenvalue weighted by molar-refractivity contribution is 0.0959. The number of hydrogen-bond donors (Lipinski definition) is 2. The van der Waals surface area contributed by atoms with Crippen LogP contribution in [0.25, 0.3) is 5.65 Å². The standard InChI is InChI=1S/C19H18N4O2/c1-3-11-20-18(24)14-8-4-5-9-15(14)22-19(25)16-12-23-13(2)7-6-10-17(23)21-16/h3-10,12H,1,11H2,2H3,(H,20,24)(H,22,25). The summed E-state index contributed by atoms with van der Waals surface area (Å²) in [7, 11) is 0. The number of amides is 2. The van der Waals surface area contributed by atoms with Crippen LogP contribution in [0.3, 0.4) is 0 Å². The van der Waals surface area contributed by atoms with Crippen LogP contribution in [-0.4, -0.2) is 27.7 Å². The number of hydrogen-bond acceptors (Lipinski definition) is 3. The number of aromatic nitrogens is 2. The highest BCUT2D eigenvalue weighted by Crippen LogP contribution is 2.17. The van der Waals surface area contributed by atoms with Gasteiger partial charge in [-0.25, -0.2) is 4.98 Å². The average Bonchev–Trinajstić information content (AvgIpc) is 3.06. The summed E-state index contributed by atoms with van der Waals surface area (Å²) in [5.74, 6) is -0.645. The number of nitrogens with one attached hydrogen (secondary N) is 2. The lowest BCUT2D eigenvalue weighted by Gasteiger charge is -2.09. The van der Waals surface area contributed by atoms with Crippen LogP contribution in [0.1, 0.15) is 26.5 Å². The molecule has 0 aliphatic heterocycles. The van der Waals surface area contributed by atoms with E-state index in [0.29, 0.717) is 23.4 Å². The summed E-state index contributed by atoms with van der Waals surface area (Å²) >= 11 is 0. The molecule has 0 atom stereocenters. The lowest BCUT2D eigenvalue weighted by atomic mass is 10.1. The van der Waals surface area contributed by atoms with Gasteiger partial charge in [-0.15, -0.1) is 6.58 Å². The highest BCUT2D eigenvalue weighted by molar-refractivity contribution is 6.08. The third-order valence-corrected chi connectivity index (χ3v) is 3.76. The van der Waals surface area contributed by atoms with Gasteiger partial charge in [-0.3, -0.25) is 9.59 Å². The van der Waals surface area contributed by atoms with Gasteiger partial charge in [0.15, 0.2) is 0 Å². The van der Waals surface area contributed by atoms with Gasteiger partial charge in [-0.05, 0) is 31.2 Å². The van der Waals surface area contributed by atoms with Crippen LogP contribution in [-0.2, 0) is 0 Å². The molecule has 1 aromatic carbocycles. The Morgan fingerprint density at radius 2 is 1.96 bits per heavy atom.